The zero-order valence-electron chi connectivity index (χ0n) is 14.2. The molecule has 0 aliphatic heterocycles. The molecule has 0 saturated carbocycles. The van der Waals surface area contributed by atoms with Crippen molar-refractivity contribution in [1.82, 2.24) is 15.2 Å². The minimum atomic E-state index is -0.362. The minimum absolute atomic E-state index is 0.142. The molecule has 1 unspecified atom stereocenters. The Labute approximate surface area is 155 Å². The van der Waals surface area contributed by atoms with E-state index in [2.05, 4.69) is 20.5 Å². The molecule has 2 aromatic carbocycles. The second kappa shape index (κ2) is 8.39. The molecule has 0 aliphatic rings. The molecular weight excluding hydrogens is 350 g/mol. The van der Waals surface area contributed by atoms with Crippen molar-refractivity contribution >= 4 is 29.3 Å². The molecule has 8 heteroatoms. The topological polar surface area (TPSA) is 106 Å². The van der Waals surface area contributed by atoms with Crippen molar-refractivity contribution in [3.8, 4) is 5.75 Å². The van der Waals surface area contributed by atoms with E-state index in [9.17, 15) is 4.79 Å². The molecule has 3 aromatic rings. The summed E-state index contributed by atoms with van der Waals surface area (Å²) in [6.07, 6.45) is 0. The Balaban J connectivity index is 1.50. The number of thioether (sulfide) groups is 1. The minimum Gasteiger partial charge on any atom is -0.489 e. The number of nitrogens with one attached hydrogen (secondary N) is 2. The Morgan fingerprint density at radius 2 is 1.96 bits per heavy atom. The number of nitrogen functional groups attached to an aromatic ring is 1. The van der Waals surface area contributed by atoms with Crippen LogP contribution < -0.4 is 15.8 Å². The van der Waals surface area contributed by atoms with Crippen LogP contribution in [0.25, 0.3) is 0 Å². The molecule has 0 aliphatic carbocycles. The van der Waals surface area contributed by atoms with E-state index >= 15 is 0 Å². The number of nitrogens with two attached hydrogens (primary N) is 1. The fourth-order valence-electron chi connectivity index (χ4n) is 2.14. The number of nitrogens with zero attached hydrogens (tertiary/aromatic N) is 2. The SMILES string of the molecule is CC(Sc1n[nH]c(N)n1)C(=O)Nc1ccc(OCc2ccccc2)cc1. The summed E-state index contributed by atoms with van der Waals surface area (Å²) in [5, 5.41) is 9.39. The van der Waals surface area contributed by atoms with E-state index in [0.717, 1.165) is 11.3 Å². The molecule has 0 spiro atoms. The third kappa shape index (κ3) is 5.00. The lowest BCUT2D eigenvalue weighted by atomic mass is 10.2. The lowest BCUT2D eigenvalue weighted by Gasteiger charge is -2.11. The first kappa shape index (κ1) is 17.8. The summed E-state index contributed by atoms with van der Waals surface area (Å²) < 4.78 is 5.73. The smallest absolute Gasteiger partial charge is 0.237 e. The Morgan fingerprint density at radius 1 is 1.23 bits per heavy atom. The second-order valence-electron chi connectivity index (χ2n) is 5.55. The van der Waals surface area contributed by atoms with Crippen LogP contribution in [0.4, 0.5) is 11.6 Å². The van der Waals surface area contributed by atoms with Gasteiger partial charge >= 0.3 is 0 Å². The quantitative estimate of drug-likeness (QED) is 0.553. The molecular formula is C18H19N5O2S. The van der Waals surface area contributed by atoms with Crippen LogP contribution in [-0.2, 0) is 11.4 Å². The highest BCUT2D eigenvalue weighted by atomic mass is 32.2. The van der Waals surface area contributed by atoms with Crippen molar-refractivity contribution in [3.05, 3.63) is 60.2 Å². The average molecular weight is 369 g/mol. The molecule has 0 fully saturated rings. The van der Waals surface area contributed by atoms with Crippen molar-refractivity contribution in [2.24, 2.45) is 0 Å². The van der Waals surface area contributed by atoms with Crippen LogP contribution in [-0.4, -0.2) is 26.3 Å². The normalized spacial score (nSPS) is 11.7. The molecule has 1 heterocycles. The predicted octanol–water partition coefficient (Wildman–Crippen LogP) is 3.09. The maximum Gasteiger partial charge on any atom is 0.237 e. The van der Waals surface area contributed by atoms with E-state index < -0.39 is 0 Å². The van der Waals surface area contributed by atoms with Gasteiger partial charge in [0.1, 0.15) is 12.4 Å². The van der Waals surface area contributed by atoms with Gasteiger partial charge in [-0.25, -0.2) is 5.10 Å². The predicted molar refractivity (Wildman–Crippen MR) is 102 cm³/mol. The van der Waals surface area contributed by atoms with Gasteiger partial charge in [0.05, 0.1) is 5.25 Å². The molecule has 0 radical (unpaired) electrons. The van der Waals surface area contributed by atoms with Gasteiger partial charge < -0.3 is 15.8 Å². The van der Waals surface area contributed by atoms with Crippen molar-refractivity contribution in [2.45, 2.75) is 23.9 Å². The highest BCUT2D eigenvalue weighted by molar-refractivity contribution is 8.00. The Hall–Kier alpha value is -3.00. The molecule has 4 N–H and O–H groups in total. The first-order valence-corrected chi connectivity index (χ1v) is 8.90. The zero-order chi connectivity index (χ0) is 18.4. The molecule has 1 aromatic heterocycles. The van der Waals surface area contributed by atoms with Crippen LogP contribution in [0.3, 0.4) is 0 Å². The number of benzene rings is 2. The fourth-order valence-corrected chi connectivity index (χ4v) is 2.87. The summed E-state index contributed by atoms with van der Waals surface area (Å²) in [6, 6.07) is 17.2. The van der Waals surface area contributed by atoms with Gasteiger partial charge in [-0.05, 0) is 36.8 Å². The van der Waals surface area contributed by atoms with E-state index in [4.69, 9.17) is 10.5 Å². The van der Waals surface area contributed by atoms with E-state index in [0.29, 0.717) is 17.5 Å². The molecule has 1 amide bonds. The van der Waals surface area contributed by atoms with Gasteiger partial charge in [0.15, 0.2) is 0 Å². The van der Waals surface area contributed by atoms with Crippen LogP contribution in [0.1, 0.15) is 12.5 Å². The van der Waals surface area contributed by atoms with E-state index in [1.165, 1.54) is 11.8 Å². The fraction of sp³-hybridized carbons (Fsp3) is 0.167. The standard InChI is InChI=1S/C18H19N5O2S/c1-12(26-18-21-17(19)22-23-18)16(24)20-14-7-9-15(10-8-14)25-11-13-5-3-2-4-6-13/h2-10,12H,11H2,1H3,(H,20,24)(H3,19,21,22,23). The maximum absolute atomic E-state index is 12.3. The summed E-state index contributed by atoms with van der Waals surface area (Å²) in [5.74, 6) is 0.827. The van der Waals surface area contributed by atoms with Crippen molar-refractivity contribution in [1.29, 1.82) is 0 Å². The van der Waals surface area contributed by atoms with Crippen LogP contribution in [0, 0.1) is 0 Å². The van der Waals surface area contributed by atoms with Gasteiger partial charge in [-0.2, -0.15) is 4.98 Å². The van der Waals surface area contributed by atoms with E-state index in [1.807, 2.05) is 42.5 Å². The largest absolute Gasteiger partial charge is 0.489 e. The van der Waals surface area contributed by atoms with E-state index in [-0.39, 0.29) is 17.1 Å². The van der Waals surface area contributed by atoms with Crippen molar-refractivity contribution < 1.29 is 9.53 Å². The molecule has 26 heavy (non-hydrogen) atoms. The second-order valence-corrected chi connectivity index (χ2v) is 6.86. The Bertz CT molecular complexity index is 852. The lowest BCUT2D eigenvalue weighted by Crippen LogP contribution is -2.22. The Kier molecular flexibility index (Phi) is 5.75. The summed E-state index contributed by atoms with van der Waals surface area (Å²) >= 11 is 1.23. The number of amides is 1. The van der Waals surface area contributed by atoms with Gasteiger partial charge in [0, 0.05) is 5.69 Å². The van der Waals surface area contributed by atoms with Gasteiger partial charge in [-0.3, -0.25) is 4.79 Å². The number of hydrogen-bond donors (Lipinski definition) is 3. The summed E-state index contributed by atoms with van der Waals surface area (Å²) in [6.45, 7) is 2.28. The lowest BCUT2D eigenvalue weighted by molar-refractivity contribution is -0.115. The van der Waals surface area contributed by atoms with Gasteiger partial charge in [0.25, 0.3) is 0 Å². The molecule has 7 nitrogen and oxygen atoms in total. The summed E-state index contributed by atoms with van der Waals surface area (Å²) in [7, 11) is 0. The van der Waals surface area contributed by atoms with Crippen LogP contribution in [0.15, 0.2) is 59.8 Å². The molecule has 0 bridgehead atoms. The Morgan fingerprint density at radius 3 is 2.62 bits per heavy atom. The number of hydrogen-bond acceptors (Lipinski definition) is 6. The number of aromatic amines is 1. The van der Waals surface area contributed by atoms with Crippen LogP contribution >= 0.6 is 11.8 Å². The third-order valence-corrected chi connectivity index (χ3v) is 4.46. The molecule has 3 rings (SSSR count). The van der Waals surface area contributed by atoms with Crippen molar-refractivity contribution in [3.63, 3.8) is 0 Å². The van der Waals surface area contributed by atoms with Gasteiger partial charge in [-0.1, -0.05) is 42.1 Å². The molecule has 134 valence electrons. The highest BCUT2D eigenvalue weighted by Crippen LogP contribution is 2.22. The van der Waals surface area contributed by atoms with E-state index in [1.54, 1.807) is 19.1 Å². The molecule has 0 saturated heterocycles. The number of anilines is 2. The van der Waals surface area contributed by atoms with Crippen LogP contribution in [0.2, 0.25) is 0 Å². The number of ether oxygens (including phenoxy) is 1. The first-order valence-electron chi connectivity index (χ1n) is 8.02. The number of carbonyl (C=O) groups is 1. The maximum atomic E-state index is 12.3. The summed E-state index contributed by atoms with van der Waals surface area (Å²) in [5.41, 5.74) is 7.27. The number of H-pyrrole nitrogens is 1. The van der Waals surface area contributed by atoms with Crippen molar-refractivity contribution in [2.75, 3.05) is 11.1 Å². The monoisotopic (exact) mass is 369 g/mol. The van der Waals surface area contributed by atoms with Crippen LogP contribution in [0.5, 0.6) is 5.75 Å². The highest BCUT2D eigenvalue weighted by Gasteiger charge is 2.17. The number of aromatic nitrogens is 3. The number of carbonyl (C=O) groups excluding carboxylic acids is 1. The summed E-state index contributed by atoms with van der Waals surface area (Å²) in [4.78, 5) is 16.2. The van der Waals surface area contributed by atoms with Gasteiger partial charge in [-0.15, -0.1) is 5.10 Å². The average Bonchev–Trinajstić information content (AvgIpc) is 3.06. The zero-order valence-corrected chi connectivity index (χ0v) is 15.0. The third-order valence-electron chi connectivity index (χ3n) is 3.50. The molecule has 1 atom stereocenters. The number of rotatable bonds is 7. The van der Waals surface area contributed by atoms with Gasteiger partial charge in [0.2, 0.25) is 17.0 Å². The first-order chi connectivity index (χ1) is 12.6.